The molecule has 1 atom stereocenters. The summed E-state index contributed by atoms with van der Waals surface area (Å²) < 4.78 is 13.2. The molecule has 0 bridgehead atoms. The lowest BCUT2D eigenvalue weighted by Gasteiger charge is -2.23. The lowest BCUT2D eigenvalue weighted by atomic mass is 10.0. The maximum Gasteiger partial charge on any atom is 0.274 e. The summed E-state index contributed by atoms with van der Waals surface area (Å²) in [4.78, 5) is 12.9. The molecule has 150 valence electrons. The van der Waals surface area contributed by atoms with E-state index in [9.17, 15) is 4.79 Å². The second-order valence-electron chi connectivity index (χ2n) is 7.29. The highest BCUT2D eigenvalue weighted by Gasteiger charge is 2.25. The van der Waals surface area contributed by atoms with Crippen LogP contribution in [0.15, 0.2) is 18.2 Å². The number of carbonyl (C=O) groups is 1. The van der Waals surface area contributed by atoms with Gasteiger partial charge in [0.2, 0.25) is 0 Å². The third-order valence-corrected chi connectivity index (χ3v) is 5.48. The first-order valence-electron chi connectivity index (χ1n) is 10.00. The van der Waals surface area contributed by atoms with Gasteiger partial charge in [0.25, 0.3) is 5.91 Å². The van der Waals surface area contributed by atoms with Crippen LogP contribution >= 0.6 is 0 Å². The molecule has 8 heteroatoms. The molecule has 0 saturated carbocycles. The van der Waals surface area contributed by atoms with E-state index in [0.717, 1.165) is 55.1 Å². The fourth-order valence-electron chi connectivity index (χ4n) is 3.87. The summed E-state index contributed by atoms with van der Waals surface area (Å²) in [6.45, 7) is 6.99. The number of rotatable bonds is 5. The molecule has 0 spiro atoms. The smallest absolute Gasteiger partial charge is 0.274 e. The topological polar surface area (TPSA) is 90.3 Å². The Morgan fingerprint density at radius 2 is 2.04 bits per heavy atom. The van der Waals surface area contributed by atoms with Gasteiger partial charge in [-0.05, 0) is 57.0 Å². The minimum Gasteiger partial charge on any atom is -0.486 e. The molecule has 8 nitrogen and oxygen atoms in total. The van der Waals surface area contributed by atoms with Crippen molar-refractivity contribution in [2.24, 2.45) is 0 Å². The highest BCUT2D eigenvalue weighted by molar-refractivity contribution is 5.93. The van der Waals surface area contributed by atoms with Gasteiger partial charge in [-0.15, -0.1) is 5.10 Å². The summed E-state index contributed by atoms with van der Waals surface area (Å²) in [6.07, 6.45) is 2.76. The maximum atomic E-state index is 12.9. The fourth-order valence-corrected chi connectivity index (χ4v) is 3.87. The Balaban J connectivity index is 1.50. The number of piperidine rings is 1. The van der Waals surface area contributed by atoms with Crippen LogP contribution in [0.2, 0.25) is 0 Å². The van der Waals surface area contributed by atoms with Crippen LogP contribution in [0, 0.1) is 6.92 Å². The number of hydrogen-bond acceptors (Lipinski definition) is 6. The van der Waals surface area contributed by atoms with Crippen LogP contribution in [0.25, 0.3) is 0 Å². The van der Waals surface area contributed by atoms with Gasteiger partial charge in [-0.3, -0.25) is 4.79 Å². The molecule has 2 aliphatic heterocycles. The number of nitrogens with zero attached hydrogens (tertiary/aromatic N) is 3. The quantitative estimate of drug-likeness (QED) is 0.820. The number of fused-ring (bicyclic) bond motifs is 1. The highest BCUT2D eigenvalue weighted by Crippen LogP contribution is 2.33. The van der Waals surface area contributed by atoms with Gasteiger partial charge >= 0.3 is 0 Å². The molecule has 1 fully saturated rings. The van der Waals surface area contributed by atoms with Crippen LogP contribution in [-0.2, 0) is 0 Å². The van der Waals surface area contributed by atoms with Crippen LogP contribution in [0.5, 0.6) is 11.5 Å². The monoisotopic (exact) mass is 385 g/mol. The van der Waals surface area contributed by atoms with E-state index in [1.165, 1.54) is 0 Å². The van der Waals surface area contributed by atoms with Gasteiger partial charge < -0.3 is 20.1 Å². The minimum absolute atomic E-state index is 0.133. The van der Waals surface area contributed by atoms with E-state index >= 15 is 0 Å². The largest absolute Gasteiger partial charge is 0.486 e. The van der Waals surface area contributed by atoms with Crippen molar-refractivity contribution in [3.8, 4) is 11.5 Å². The van der Waals surface area contributed by atoms with Crippen molar-refractivity contribution in [1.29, 1.82) is 0 Å². The summed E-state index contributed by atoms with van der Waals surface area (Å²) in [6, 6.07) is 5.99. The average molecular weight is 385 g/mol. The molecule has 28 heavy (non-hydrogen) atoms. The zero-order chi connectivity index (χ0) is 19.5. The van der Waals surface area contributed by atoms with E-state index < -0.39 is 0 Å². The van der Waals surface area contributed by atoms with Crippen molar-refractivity contribution in [2.45, 2.75) is 45.2 Å². The number of hydrogen-bond donors (Lipinski definition) is 2. The fraction of sp³-hybridized carbons (Fsp3) is 0.550. The normalized spacial score (nSPS) is 17.9. The standard InChI is InChI=1S/C20H27N5O3/c1-3-16(14-4-5-17-18(12-14)28-11-10-27-17)22-20(26)19-13(2)25(24-23-19)15-6-8-21-9-7-15/h4-5,12,15-16,21H,3,6-11H2,1-2H3,(H,22,26). The Kier molecular flexibility index (Phi) is 5.47. The molecule has 1 amide bonds. The first kappa shape index (κ1) is 18.7. The van der Waals surface area contributed by atoms with Crippen molar-refractivity contribution in [2.75, 3.05) is 26.3 Å². The van der Waals surface area contributed by atoms with Crippen LogP contribution in [0.1, 0.15) is 60.0 Å². The van der Waals surface area contributed by atoms with Crippen molar-refractivity contribution >= 4 is 5.91 Å². The van der Waals surface area contributed by atoms with E-state index in [1.54, 1.807) is 0 Å². The van der Waals surface area contributed by atoms with E-state index in [2.05, 4.69) is 20.9 Å². The van der Waals surface area contributed by atoms with Gasteiger partial charge in [-0.2, -0.15) is 0 Å². The van der Waals surface area contributed by atoms with Gasteiger partial charge in [0.1, 0.15) is 13.2 Å². The number of ether oxygens (including phenoxy) is 2. The van der Waals surface area contributed by atoms with Crippen molar-refractivity contribution < 1.29 is 14.3 Å². The molecular weight excluding hydrogens is 358 g/mol. The molecule has 1 unspecified atom stereocenters. The van der Waals surface area contributed by atoms with Gasteiger partial charge in [0.05, 0.1) is 17.8 Å². The number of amides is 1. The summed E-state index contributed by atoms with van der Waals surface area (Å²) in [7, 11) is 0. The minimum atomic E-state index is -0.195. The summed E-state index contributed by atoms with van der Waals surface area (Å²) >= 11 is 0. The third-order valence-electron chi connectivity index (χ3n) is 5.48. The molecule has 2 aromatic rings. The maximum absolute atomic E-state index is 12.9. The van der Waals surface area contributed by atoms with Crippen molar-refractivity contribution in [3.05, 3.63) is 35.2 Å². The highest BCUT2D eigenvalue weighted by atomic mass is 16.6. The van der Waals surface area contributed by atoms with E-state index in [4.69, 9.17) is 9.47 Å². The van der Waals surface area contributed by atoms with E-state index in [-0.39, 0.29) is 11.9 Å². The number of nitrogens with one attached hydrogen (secondary N) is 2. The summed E-state index contributed by atoms with van der Waals surface area (Å²) in [5.74, 6) is 1.28. The molecule has 4 rings (SSSR count). The molecule has 1 saturated heterocycles. The number of benzene rings is 1. The van der Waals surface area contributed by atoms with Gasteiger partial charge in [0, 0.05) is 0 Å². The lowest BCUT2D eigenvalue weighted by Crippen LogP contribution is -2.31. The predicted octanol–water partition coefficient (Wildman–Crippen LogP) is 2.16. The number of carbonyl (C=O) groups excluding carboxylic acids is 1. The van der Waals surface area contributed by atoms with Crippen molar-refractivity contribution in [3.63, 3.8) is 0 Å². The Morgan fingerprint density at radius 1 is 1.29 bits per heavy atom. The zero-order valence-corrected chi connectivity index (χ0v) is 16.4. The summed E-state index contributed by atoms with van der Waals surface area (Å²) in [5.41, 5.74) is 2.21. The predicted molar refractivity (Wildman–Crippen MR) is 104 cm³/mol. The second-order valence-corrected chi connectivity index (χ2v) is 7.29. The average Bonchev–Trinajstić information content (AvgIpc) is 3.13. The van der Waals surface area contributed by atoms with Crippen LogP contribution in [-0.4, -0.2) is 47.2 Å². The van der Waals surface area contributed by atoms with E-state index in [0.29, 0.717) is 24.9 Å². The van der Waals surface area contributed by atoms with Gasteiger partial charge in [-0.25, -0.2) is 4.68 Å². The number of aromatic nitrogens is 3. The molecule has 0 aliphatic carbocycles. The molecule has 2 N–H and O–H groups in total. The second kappa shape index (κ2) is 8.18. The van der Waals surface area contributed by atoms with Crippen LogP contribution < -0.4 is 20.1 Å². The van der Waals surface area contributed by atoms with Gasteiger partial charge in [-0.1, -0.05) is 18.2 Å². The molecule has 3 heterocycles. The molecule has 1 aromatic carbocycles. The zero-order valence-electron chi connectivity index (χ0n) is 16.4. The Bertz CT molecular complexity index is 844. The Hall–Kier alpha value is -2.61. The van der Waals surface area contributed by atoms with Crippen LogP contribution in [0.4, 0.5) is 0 Å². The first-order chi connectivity index (χ1) is 13.7. The molecule has 0 radical (unpaired) electrons. The van der Waals surface area contributed by atoms with Crippen LogP contribution in [0.3, 0.4) is 0 Å². The van der Waals surface area contributed by atoms with Crippen molar-refractivity contribution in [1.82, 2.24) is 25.6 Å². The SMILES string of the molecule is CCC(NC(=O)c1nnn(C2CCNCC2)c1C)c1ccc2c(c1)OCCO2. The Morgan fingerprint density at radius 3 is 2.79 bits per heavy atom. The molecule has 1 aromatic heterocycles. The van der Waals surface area contributed by atoms with Gasteiger partial charge in [0.15, 0.2) is 17.2 Å². The molecular formula is C20H27N5O3. The Labute approximate surface area is 164 Å². The third kappa shape index (κ3) is 3.69. The first-order valence-corrected chi connectivity index (χ1v) is 10.00. The lowest BCUT2D eigenvalue weighted by molar-refractivity contribution is 0.0929. The van der Waals surface area contributed by atoms with E-state index in [1.807, 2.05) is 36.7 Å². The molecule has 2 aliphatic rings. The summed E-state index contributed by atoms with van der Waals surface area (Å²) in [5, 5.41) is 14.9.